The fraction of sp³-hybridized carbons (Fsp3) is 0.235. The summed E-state index contributed by atoms with van der Waals surface area (Å²) >= 11 is 5.80. The lowest BCUT2D eigenvalue weighted by molar-refractivity contribution is -0.384. The number of nitrogens with zero attached hydrogens (tertiary/aromatic N) is 3. The van der Waals surface area contributed by atoms with Crippen molar-refractivity contribution in [3.05, 3.63) is 63.2 Å². The van der Waals surface area contributed by atoms with Gasteiger partial charge in [-0.25, -0.2) is 8.42 Å². The molecule has 0 saturated heterocycles. The van der Waals surface area contributed by atoms with Gasteiger partial charge < -0.3 is 0 Å². The zero-order chi connectivity index (χ0) is 20.0. The van der Waals surface area contributed by atoms with Crippen molar-refractivity contribution in [2.24, 2.45) is 5.10 Å². The first-order valence-electron chi connectivity index (χ1n) is 8.12. The average Bonchev–Trinajstić information content (AvgIpc) is 2.64. The molecule has 0 atom stereocenters. The summed E-state index contributed by atoms with van der Waals surface area (Å²) in [6.45, 7) is 3.96. The van der Waals surface area contributed by atoms with Crippen LogP contribution in [0.25, 0.3) is 0 Å². The highest BCUT2D eigenvalue weighted by molar-refractivity contribution is 7.89. The van der Waals surface area contributed by atoms with E-state index >= 15 is 0 Å². The third-order valence-corrected chi connectivity index (χ3v) is 6.08. The topological polar surface area (TPSA) is 105 Å². The van der Waals surface area contributed by atoms with Crippen LogP contribution < -0.4 is 5.43 Å². The Balaban J connectivity index is 2.30. The average molecular weight is 411 g/mol. The maximum atomic E-state index is 12.5. The first-order valence-corrected chi connectivity index (χ1v) is 9.94. The van der Waals surface area contributed by atoms with E-state index in [0.29, 0.717) is 5.02 Å². The molecular formula is C17H19ClN4O4S. The van der Waals surface area contributed by atoms with Crippen LogP contribution in [0.4, 0.5) is 11.4 Å². The van der Waals surface area contributed by atoms with Gasteiger partial charge in [0.05, 0.1) is 16.0 Å². The number of hydrogen-bond donors (Lipinski definition) is 1. The minimum absolute atomic E-state index is 0.0868. The molecule has 0 bridgehead atoms. The first kappa shape index (κ1) is 20.8. The van der Waals surface area contributed by atoms with Gasteiger partial charge in [0.25, 0.3) is 5.69 Å². The van der Waals surface area contributed by atoms with Crippen LogP contribution in [0.5, 0.6) is 0 Å². The molecule has 0 unspecified atom stereocenters. The normalized spacial score (nSPS) is 11.9. The molecule has 27 heavy (non-hydrogen) atoms. The van der Waals surface area contributed by atoms with Crippen molar-refractivity contribution >= 4 is 39.2 Å². The molecule has 0 saturated carbocycles. The molecule has 0 aliphatic rings. The number of nitro benzene ring substituents is 1. The molecule has 0 aliphatic heterocycles. The van der Waals surface area contributed by atoms with E-state index in [1.54, 1.807) is 38.1 Å². The van der Waals surface area contributed by atoms with Gasteiger partial charge in [-0.2, -0.15) is 9.41 Å². The lowest BCUT2D eigenvalue weighted by Crippen LogP contribution is -2.30. The van der Waals surface area contributed by atoms with Crippen molar-refractivity contribution < 1.29 is 13.3 Å². The van der Waals surface area contributed by atoms with Crippen LogP contribution in [0.2, 0.25) is 5.02 Å². The SMILES string of the molecule is CCN(CC)S(=O)(=O)c1ccc(N/N=C/c2ccc(Cl)cc2)c([N+](=O)[O-])c1. The Kier molecular flexibility index (Phi) is 6.89. The Bertz CT molecular complexity index is 942. The standard InChI is InChI=1S/C17H19ClN4O4S/c1-3-21(4-2)27(25,26)15-9-10-16(17(11-15)22(23)24)20-19-12-13-5-7-14(18)8-6-13/h5-12,20H,3-4H2,1-2H3/b19-12+. The third-order valence-electron chi connectivity index (χ3n) is 3.78. The molecule has 0 amide bonds. The summed E-state index contributed by atoms with van der Waals surface area (Å²) in [7, 11) is -3.79. The number of hydrazone groups is 1. The summed E-state index contributed by atoms with van der Waals surface area (Å²) in [5.41, 5.74) is 3.03. The summed E-state index contributed by atoms with van der Waals surface area (Å²) < 4.78 is 26.3. The molecule has 0 aliphatic carbocycles. The van der Waals surface area contributed by atoms with Gasteiger partial charge in [-0.1, -0.05) is 37.6 Å². The predicted octanol–water partition coefficient (Wildman–Crippen LogP) is 3.72. The molecule has 2 aromatic carbocycles. The number of sulfonamides is 1. The van der Waals surface area contributed by atoms with E-state index in [-0.39, 0.29) is 29.4 Å². The van der Waals surface area contributed by atoms with Crippen LogP contribution in [0.1, 0.15) is 19.4 Å². The molecule has 2 rings (SSSR count). The summed E-state index contributed by atoms with van der Waals surface area (Å²) in [6, 6.07) is 10.5. The van der Waals surface area contributed by atoms with Crippen LogP contribution in [0, 0.1) is 10.1 Å². The second-order valence-electron chi connectivity index (χ2n) is 5.45. The summed E-state index contributed by atoms with van der Waals surface area (Å²) in [5, 5.41) is 15.9. The largest absolute Gasteiger partial charge is 0.295 e. The van der Waals surface area contributed by atoms with Gasteiger partial charge in [-0.05, 0) is 29.8 Å². The highest BCUT2D eigenvalue weighted by Crippen LogP contribution is 2.29. The molecule has 144 valence electrons. The zero-order valence-corrected chi connectivity index (χ0v) is 16.4. The molecule has 0 aromatic heterocycles. The van der Waals surface area contributed by atoms with Gasteiger partial charge in [-0.15, -0.1) is 0 Å². The van der Waals surface area contributed by atoms with Gasteiger partial charge in [0.15, 0.2) is 0 Å². The van der Waals surface area contributed by atoms with E-state index in [0.717, 1.165) is 11.6 Å². The van der Waals surface area contributed by atoms with Gasteiger partial charge in [0, 0.05) is 24.2 Å². The Hall–Kier alpha value is -2.49. The highest BCUT2D eigenvalue weighted by atomic mass is 35.5. The summed E-state index contributed by atoms with van der Waals surface area (Å²) in [5.74, 6) is 0. The van der Waals surface area contributed by atoms with E-state index in [1.165, 1.54) is 22.7 Å². The first-order chi connectivity index (χ1) is 12.8. The molecule has 0 heterocycles. The predicted molar refractivity (Wildman–Crippen MR) is 106 cm³/mol. The smallest absolute Gasteiger partial charge is 0.272 e. The van der Waals surface area contributed by atoms with E-state index in [2.05, 4.69) is 10.5 Å². The molecule has 0 radical (unpaired) electrons. The van der Waals surface area contributed by atoms with Crippen LogP contribution >= 0.6 is 11.6 Å². The Labute approximate surface area is 162 Å². The number of benzene rings is 2. The van der Waals surface area contributed by atoms with Crippen LogP contribution in [-0.4, -0.2) is 37.0 Å². The quantitative estimate of drug-likeness (QED) is 0.405. The number of hydrogen-bond acceptors (Lipinski definition) is 6. The van der Waals surface area contributed by atoms with Crippen molar-refractivity contribution in [3.63, 3.8) is 0 Å². The molecule has 0 fully saturated rings. The van der Waals surface area contributed by atoms with Crippen molar-refractivity contribution in [2.45, 2.75) is 18.7 Å². The van der Waals surface area contributed by atoms with Crippen molar-refractivity contribution in [3.8, 4) is 0 Å². The molecule has 2 aromatic rings. The monoisotopic (exact) mass is 410 g/mol. The number of halogens is 1. The minimum Gasteiger partial charge on any atom is -0.272 e. The number of nitrogens with one attached hydrogen (secondary N) is 1. The number of rotatable bonds is 8. The summed E-state index contributed by atoms with van der Waals surface area (Å²) in [4.78, 5) is 10.6. The molecule has 10 heteroatoms. The lowest BCUT2D eigenvalue weighted by atomic mass is 10.2. The highest BCUT2D eigenvalue weighted by Gasteiger charge is 2.25. The Morgan fingerprint density at radius 2 is 1.81 bits per heavy atom. The van der Waals surface area contributed by atoms with Gasteiger partial charge in [0.2, 0.25) is 10.0 Å². The van der Waals surface area contributed by atoms with E-state index in [1.807, 2.05) is 0 Å². The van der Waals surface area contributed by atoms with Crippen LogP contribution in [0.3, 0.4) is 0 Å². The fourth-order valence-electron chi connectivity index (χ4n) is 2.36. The molecular weight excluding hydrogens is 392 g/mol. The Morgan fingerprint density at radius 1 is 1.19 bits per heavy atom. The summed E-state index contributed by atoms with van der Waals surface area (Å²) in [6.07, 6.45) is 1.47. The molecule has 1 N–H and O–H groups in total. The molecule has 0 spiro atoms. The second kappa shape index (κ2) is 8.94. The van der Waals surface area contributed by atoms with E-state index in [9.17, 15) is 18.5 Å². The maximum Gasteiger partial charge on any atom is 0.295 e. The zero-order valence-electron chi connectivity index (χ0n) is 14.8. The van der Waals surface area contributed by atoms with Gasteiger partial charge in [0.1, 0.15) is 5.69 Å². The van der Waals surface area contributed by atoms with Crippen LogP contribution in [0.15, 0.2) is 52.5 Å². The lowest BCUT2D eigenvalue weighted by Gasteiger charge is -2.18. The van der Waals surface area contributed by atoms with Crippen molar-refractivity contribution in [1.29, 1.82) is 0 Å². The molecule has 8 nitrogen and oxygen atoms in total. The van der Waals surface area contributed by atoms with Crippen molar-refractivity contribution in [1.82, 2.24) is 4.31 Å². The third kappa shape index (κ3) is 5.03. The van der Waals surface area contributed by atoms with E-state index < -0.39 is 14.9 Å². The second-order valence-corrected chi connectivity index (χ2v) is 7.82. The maximum absolute atomic E-state index is 12.5. The minimum atomic E-state index is -3.79. The van der Waals surface area contributed by atoms with Gasteiger partial charge >= 0.3 is 0 Å². The number of nitro groups is 1. The van der Waals surface area contributed by atoms with Crippen molar-refractivity contribution in [2.75, 3.05) is 18.5 Å². The Morgan fingerprint density at radius 3 is 2.37 bits per heavy atom. The fourth-order valence-corrected chi connectivity index (χ4v) is 3.96. The van der Waals surface area contributed by atoms with Crippen LogP contribution in [-0.2, 0) is 10.0 Å². The van der Waals surface area contributed by atoms with Gasteiger partial charge in [-0.3, -0.25) is 15.5 Å². The van der Waals surface area contributed by atoms with E-state index in [4.69, 9.17) is 11.6 Å². The number of anilines is 1.